The molecule has 0 aliphatic rings. The van der Waals surface area contributed by atoms with Gasteiger partial charge in [-0.25, -0.2) is 15.0 Å². The van der Waals surface area contributed by atoms with E-state index in [1.807, 2.05) is 48.5 Å². The lowest BCUT2D eigenvalue weighted by atomic mass is 9.98. The van der Waals surface area contributed by atoms with Crippen molar-refractivity contribution in [2.75, 3.05) is 0 Å². The third kappa shape index (κ3) is 5.35. The van der Waals surface area contributed by atoms with Crippen LogP contribution in [0, 0.1) is 0 Å². The molecule has 49 heavy (non-hydrogen) atoms. The first-order valence-corrected chi connectivity index (χ1v) is 16.4. The molecule has 4 heteroatoms. The SMILES string of the molecule is c1ccc(-c2ccc(-c3nc(-c4ccc(-c5ccccc5)cc4)nc(-c4ccc(-c5ccccc5)c5oc6ccccc6c45)n3)cc2)cc1. The standard InChI is InChI=1S/C45H29N3O/c1-4-12-30(13-5-1)32-20-24-35(25-21-32)43-46-44(36-26-22-33(23-27-36)31-14-6-2-7-15-31)48-45(47-43)39-29-28-37(34-16-8-3-9-17-34)42-41(39)38-18-10-11-19-40(38)49-42/h1-29H. The van der Waals surface area contributed by atoms with Gasteiger partial charge in [-0.1, -0.05) is 158 Å². The molecule has 9 aromatic rings. The summed E-state index contributed by atoms with van der Waals surface area (Å²) in [5.74, 6) is 1.81. The molecule has 0 amide bonds. The number of benzene rings is 7. The number of hydrogen-bond donors (Lipinski definition) is 0. The fourth-order valence-electron chi connectivity index (χ4n) is 6.50. The van der Waals surface area contributed by atoms with Crippen LogP contribution in [0.3, 0.4) is 0 Å². The Morgan fingerprint density at radius 1 is 0.306 bits per heavy atom. The fourth-order valence-corrected chi connectivity index (χ4v) is 6.50. The van der Waals surface area contributed by atoms with Gasteiger partial charge in [0.05, 0.1) is 0 Å². The van der Waals surface area contributed by atoms with Crippen molar-refractivity contribution in [1.29, 1.82) is 0 Å². The topological polar surface area (TPSA) is 51.8 Å². The summed E-state index contributed by atoms with van der Waals surface area (Å²) in [5.41, 5.74) is 11.1. The highest BCUT2D eigenvalue weighted by molar-refractivity contribution is 6.15. The molecule has 4 nitrogen and oxygen atoms in total. The lowest BCUT2D eigenvalue weighted by Crippen LogP contribution is -2.00. The van der Waals surface area contributed by atoms with Crippen LogP contribution < -0.4 is 0 Å². The van der Waals surface area contributed by atoms with Gasteiger partial charge in [0.15, 0.2) is 17.5 Å². The van der Waals surface area contributed by atoms with Crippen molar-refractivity contribution in [1.82, 2.24) is 15.0 Å². The number of aromatic nitrogens is 3. The lowest BCUT2D eigenvalue weighted by Gasteiger charge is -2.11. The third-order valence-electron chi connectivity index (χ3n) is 8.99. The van der Waals surface area contributed by atoms with Gasteiger partial charge in [0.1, 0.15) is 11.2 Å². The Morgan fingerprint density at radius 2 is 0.714 bits per heavy atom. The quantitative estimate of drug-likeness (QED) is 0.184. The van der Waals surface area contributed by atoms with E-state index in [1.165, 1.54) is 0 Å². The van der Waals surface area contributed by atoms with Crippen molar-refractivity contribution in [2.24, 2.45) is 0 Å². The van der Waals surface area contributed by atoms with Crippen LogP contribution in [0.1, 0.15) is 0 Å². The summed E-state index contributed by atoms with van der Waals surface area (Å²) in [5, 5.41) is 2.01. The smallest absolute Gasteiger partial charge is 0.164 e. The Kier molecular flexibility index (Phi) is 7.10. The van der Waals surface area contributed by atoms with E-state index in [9.17, 15) is 0 Å². The molecule has 0 radical (unpaired) electrons. The molecule has 2 aromatic heterocycles. The predicted molar refractivity (Wildman–Crippen MR) is 200 cm³/mol. The van der Waals surface area contributed by atoms with Crippen LogP contribution in [0.25, 0.3) is 89.5 Å². The van der Waals surface area contributed by atoms with Crippen molar-refractivity contribution in [2.45, 2.75) is 0 Å². The van der Waals surface area contributed by atoms with E-state index in [1.54, 1.807) is 0 Å². The summed E-state index contributed by atoms with van der Waals surface area (Å²) < 4.78 is 6.57. The predicted octanol–water partition coefficient (Wildman–Crippen LogP) is 11.8. The molecule has 0 bridgehead atoms. The zero-order chi connectivity index (χ0) is 32.6. The van der Waals surface area contributed by atoms with Crippen LogP contribution in [0.2, 0.25) is 0 Å². The number of para-hydroxylation sites is 1. The van der Waals surface area contributed by atoms with Gasteiger partial charge in [0, 0.05) is 33.0 Å². The minimum atomic E-state index is 0.593. The molecule has 0 N–H and O–H groups in total. The molecular weight excluding hydrogens is 599 g/mol. The highest BCUT2D eigenvalue weighted by Crippen LogP contribution is 2.41. The molecule has 0 spiro atoms. The minimum Gasteiger partial charge on any atom is -0.455 e. The summed E-state index contributed by atoms with van der Waals surface area (Å²) in [6.45, 7) is 0. The molecule has 2 heterocycles. The molecule has 0 saturated heterocycles. The Bertz CT molecular complexity index is 2460. The number of nitrogens with zero attached hydrogens (tertiary/aromatic N) is 3. The van der Waals surface area contributed by atoms with Gasteiger partial charge in [-0.2, -0.15) is 0 Å². The average Bonchev–Trinajstić information content (AvgIpc) is 3.58. The van der Waals surface area contributed by atoms with Crippen LogP contribution in [0.4, 0.5) is 0 Å². The number of rotatable bonds is 6. The first-order chi connectivity index (χ1) is 24.3. The van der Waals surface area contributed by atoms with E-state index in [0.29, 0.717) is 17.5 Å². The average molecular weight is 628 g/mol. The van der Waals surface area contributed by atoms with Gasteiger partial charge >= 0.3 is 0 Å². The van der Waals surface area contributed by atoms with Crippen LogP contribution in [0.15, 0.2) is 180 Å². The van der Waals surface area contributed by atoms with Crippen LogP contribution in [-0.2, 0) is 0 Å². The second-order valence-electron chi connectivity index (χ2n) is 12.0. The van der Waals surface area contributed by atoms with Crippen molar-refractivity contribution in [3.05, 3.63) is 176 Å². The molecule has 7 aromatic carbocycles. The molecular formula is C45H29N3O. The maximum atomic E-state index is 6.57. The van der Waals surface area contributed by atoms with E-state index < -0.39 is 0 Å². The second kappa shape index (κ2) is 12.2. The van der Waals surface area contributed by atoms with Gasteiger partial charge in [-0.3, -0.25) is 0 Å². The number of furan rings is 1. The van der Waals surface area contributed by atoms with E-state index in [0.717, 1.165) is 72.0 Å². The van der Waals surface area contributed by atoms with Gasteiger partial charge < -0.3 is 4.42 Å². The Balaban J connectivity index is 1.24. The molecule has 0 fully saturated rings. The lowest BCUT2D eigenvalue weighted by molar-refractivity contribution is 0.670. The summed E-state index contributed by atoms with van der Waals surface area (Å²) in [6, 6.07) is 60.4. The van der Waals surface area contributed by atoms with E-state index >= 15 is 0 Å². The van der Waals surface area contributed by atoms with E-state index in [-0.39, 0.29) is 0 Å². The van der Waals surface area contributed by atoms with Gasteiger partial charge in [0.25, 0.3) is 0 Å². The van der Waals surface area contributed by atoms with Crippen LogP contribution in [0.5, 0.6) is 0 Å². The first-order valence-electron chi connectivity index (χ1n) is 16.4. The van der Waals surface area contributed by atoms with E-state index in [4.69, 9.17) is 19.4 Å². The zero-order valence-corrected chi connectivity index (χ0v) is 26.5. The second-order valence-corrected chi connectivity index (χ2v) is 12.0. The minimum absolute atomic E-state index is 0.593. The zero-order valence-electron chi connectivity index (χ0n) is 26.5. The summed E-state index contributed by atoms with van der Waals surface area (Å²) >= 11 is 0. The van der Waals surface area contributed by atoms with Gasteiger partial charge in [-0.15, -0.1) is 0 Å². The third-order valence-corrected chi connectivity index (χ3v) is 8.99. The maximum absolute atomic E-state index is 6.57. The number of fused-ring (bicyclic) bond motifs is 3. The summed E-state index contributed by atoms with van der Waals surface area (Å²) in [7, 11) is 0. The highest BCUT2D eigenvalue weighted by Gasteiger charge is 2.20. The van der Waals surface area contributed by atoms with Gasteiger partial charge in [-0.05, 0) is 46.0 Å². The Hall–Kier alpha value is -6.65. The highest BCUT2D eigenvalue weighted by atomic mass is 16.3. The molecule has 0 aliphatic heterocycles. The largest absolute Gasteiger partial charge is 0.455 e. The normalized spacial score (nSPS) is 11.3. The Labute approximate surface area is 284 Å². The number of hydrogen-bond acceptors (Lipinski definition) is 4. The first kappa shape index (κ1) is 28.6. The van der Waals surface area contributed by atoms with Gasteiger partial charge in [0.2, 0.25) is 0 Å². The van der Waals surface area contributed by atoms with E-state index in [2.05, 4.69) is 127 Å². The van der Waals surface area contributed by atoms with Crippen molar-refractivity contribution < 1.29 is 4.42 Å². The van der Waals surface area contributed by atoms with Crippen LogP contribution in [-0.4, -0.2) is 15.0 Å². The van der Waals surface area contributed by atoms with Crippen molar-refractivity contribution in [3.8, 4) is 67.5 Å². The monoisotopic (exact) mass is 627 g/mol. The molecule has 0 unspecified atom stereocenters. The van der Waals surface area contributed by atoms with Crippen molar-refractivity contribution in [3.63, 3.8) is 0 Å². The molecule has 9 rings (SSSR count). The Morgan fingerprint density at radius 3 is 1.27 bits per heavy atom. The molecule has 0 saturated carbocycles. The molecule has 0 atom stereocenters. The maximum Gasteiger partial charge on any atom is 0.164 e. The van der Waals surface area contributed by atoms with Crippen molar-refractivity contribution >= 4 is 21.9 Å². The fraction of sp³-hybridized carbons (Fsp3) is 0. The molecule has 230 valence electrons. The van der Waals surface area contributed by atoms with Crippen LogP contribution >= 0.6 is 0 Å². The molecule has 0 aliphatic carbocycles. The summed E-state index contributed by atoms with van der Waals surface area (Å²) in [4.78, 5) is 15.3. The summed E-state index contributed by atoms with van der Waals surface area (Å²) in [6.07, 6.45) is 0.